The molecule has 0 bridgehead atoms. The summed E-state index contributed by atoms with van der Waals surface area (Å²) >= 11 is 0. The van der Waals surface area contributed by atoms with Crippen LogP contribution in [0.5, 0.6) is 11.5 Å². The fourth-order valence-corrected chi connectivity index (χ4v) is 5.17. The van der Waals surface area contributed by atoms with Gasteiger partial charge in [0.05, 0.1) is 29.6 Å². The van der Waals surface area contributed by atoms with Gasteiger partial charge >= 0.3 is 10.2 Å². The number of nitriles is 1. The number of hydrogen-bond acceptors (Lipinski definition) is 6. The molecule has 5 rings (SSSR count). The average Bonchev–Trinajstić information content (AvgIpc) is 3.61. The van der Waals surface area contributed by atoms with Gasteiger partial charge in [0.25, 0.3) is 5.56 Å². The zero-order valence-electron chi connectivity index (χ0n) is 17.7. The van der Waals surface area contributed by atoms with Crippen LogP contribution in [0.2, 0.25) is 0 Å². The lowest BCUT2D eigenvalue weighted by molar-refractivity contribution is 0.166. The number of rotatable bonds is 7. The molecule has 12 heteroatoms. The molecule has 1 aliphatic heterocycles. The molecule has 0 atom stereocenters. The highest BCUT2D eigenvalue weighted by atomic mass is 32.2. The smallest absolute Gasteiger partial charge is 0.301 e. The Balaban J connectivity index is 1.47. The van der Waals surface area contributed by atoms with Crippen LogP contribution in [0.15, 0.2) is 41.5 Å². The number of hydrogen-bond donors (Lipinski definition) is 1. The van der Waals surface area contributed by atoms with Gasteiger partial charge in [-0.05, 0) is 43.2 Å². The summed E-state index contributed by atoms with van der Waals surface area (Å²) in [6, 6.07) is 8.42. The number of nitrogens with one attached hydrogen (secondary N) is 1. The van der Waals surface area contributed by atoms with E-state index in [1.54, 1.807) is 16.7 Å². The van der Waals surface area contributed by atoms with Gasteiger partial charge in [-0.25, -0.2) is 9.37 Å². The summed E-state index contributed by atoms with van der Waals surface area (Å²) < 4.78 is 62.9. The summed E-state index contributed by atoms with van der Waals surface area (Å²) in [4.78, 5) is 17.1. The van der Waals surface area contributed by atoms with Crippen molar-refractivity contribution in [3.05, 3.63) is 58.4 Å². The summed E-state index contributed by atoms with van der Waals surface area (Å²) in [7, 11) is -4.06. The van der Waals surface area contributed by atoms with Crippen molar-refractivity contribution in [3.63, 3.8) is 0 Å². The predicted octanol–water partition coefficient (Wildman–Crippen LogP) is 3.09. The van der Waals surface area contributed by atoms with Gasteiger partial charge in [0, 0.05) is 25.0 Å². The van der Waals surface area contributed by atoms with E-state index in [1.807, 2.05) is 0 Å². The first kappa shape index (κ1) is 22.2. The van der Waals surface area contributed by atoms with E-state index in [0.29, 0.717) is 5.52 Å². The van der Waals surface area contributed by atoms with E-state index in [4.69, 9.17) is 4.74 Å². The Morgan fingerprint density at radius 2 is 2.00 bits per heavy atom. The third-order valence-corrected chi connectivity index (χ3v) is 7.31. The number of fused-ring (bicyclic) bond motifs is 1. The molecule has 2 heterocycles. The van der Waals surface area contributed by atoms with E-state index in [-0.39, 0.29) is 53.0 Å². The van der Waals surface area contributed by atoms with E-state index in [0.717, 1.165) is 29.3 Å². The molecule has 0 unspecified atom stereocenters. The van der Waals surface area contributed by atoms with Crippen LogP contribution in [-0.4, -0.2) is 42.0 Å². The molecule has 3 aromatic rings. The lowest BCUT2D eigenvalue weighted by Gasteiger charge is -2.36. The molecule has 1 aromatic heterocycles. The second-order valence-corrected chi connectivity index (χ2v) is 10.00. The van der Waals surface area contributed by atoms with Crippen molar-refractivity contribution in [2.24, 2.45) is 5.92 Å². The van der Waals surface area contributed by atoms with Gasteiger partial charge in [-0.15, -0.1) is 0 Å². The van der Waals surface area contributed by atoms with Gasteiger partial charge in [0.15, 0.2) is 11.6 Å². The van der Waals surface area contributed by atoms with E-state index < -0.39 is 28.5 Å². The van der Waals surface area contributed by atoms with Gasteiger partial charge in [-0.2, -0.15) is 18.0 Å². The van der Waals surface area contributed by atoms with E-state index >= 15 is 0 Å². The van der Waals surface area contributed by atoms with E-state index in [1.165, 1.54) is 18.5 Å². The molecule has 0 spiro atoms. The predicted molar refractivity (Wildman–Crippen MR) is 119 cm³/mol. The van der Waals surface area contributed by atoms with Gasteiger partial charge in [-0.3, -0.25) is 18.5 Å². The van der Waals surface area contributed by atoms with Crippen LogP contribution in [0, 0.1) is 23.1 Å². The van der Waals surface area contributed by atoms with Gasteiger partial charge in [0.2, 0.25) is 0 Å². The SMILES string of the molecule is N#Cc1c(NS(=O)(=O)N2CC(CF)C2)ccc(F)c1Oc1ccc2ncn(C3CC3)c(=O)c2c1. The standard InChI is InChI=1S/C22H19F2N5O4S/c23-8-13-10-28(11-13)34(31,32)27-20-6-4-18(24)21(17(20)9-25)33-15-3-5-19-16(7-15)22(30)29(12-26-19)14-1-2-14/h3-7,12-14,27H,1-2,8,10-11H2. The Labute approximate surface area is 193 Å². The minimum atomic E-state index is -4.06. The normalized spacial score (nSPS) is 16.7. The van der Waals surface area contributed by atoms with Crippen molar-refractivity contribution in [1.82, 2.24) is 13.9 Å². The fourth-order valence-electron chi connectivity index (χ4n) is 3.78. The van der Waals surface area contributed by atoms with Crippen LogP contribution in [-0.2, 0) is 10.2 Å². The summed E-state index contributed by atoms with van der Waals surface area (Å²) in [5.74, 6) is -1.66. The monoisotopic (exact) mass is 487 g/mol. The largest absolute Gasteiger partial charge is 0.453 e. The fraction of sp³-hybridized carbons (Fsp3) is 0.318. The Morgan fingerprint density at radius 3 is 2.68 bits per heavy atom. The van der Waals surface area contributed by atoms with Crippen molar-refractivity contribution in [2.45, 2.75) is 18.9 Å². The number of benzene rings is 2. The zero-order valence-corrected chi connectivity index (χ0v) is 18.6. The molecule has 2 fully saturated rings. The number of anilines is 1. The van der Waals surface area contributed by atoms with Crippen molar-refractivity contribution in [2.75, 3.05) is 24.5 Å². The molecule has 1 N–H and O–H groups in total. The average molecular weight is 487 g/mol. The molecule has 34 heavy (non-hydrogen) atoms. The second-order valence-electron chi connectivity index (χ2n) is 8.32. The third-order valence-electron chi connectivity index (χ3n) is 5.86. The van der Waals surface area contributed by atoms with Crippen LogP contribution in [0.1, 0.15) is 24.4 Å². The Hall–Kier alpha value is -3.56. The highest BCUT2D eigenvalue weighted by Crippen LogP contribution is 2.36. The van der Waals surface area contributed by atoms with E-state index in [2.05, 4.69) is 9.71 Å². The zero-order chi connectivity index (χ0) is 24.0. The van der Waals surface area contributed by atoms with Gasteiger partial charge in [0.1, 0.15) is 17.4 Å². The number of aromatic nitrogens is 2. The second kappa shape index (κ2) is 8.34. The van der Waals surface area contributed by atoms with Crippen LogP contribution in [0.4, 0.5) is 14.5 Å². The lowest BCUT2D eigenvalue weighted by atomic mass is 10.1. The Bertz CT molecular complexity index is 1490. The molecule has 2 aliphatic rings. The van der Waals surface area contributed by atoms with Crippen LogP contribution < -0.4 is 15.0 Å². The Kier molecular flexibility index (Phi) is 5.45. The maximum Gasteiger partial charge on any atom is 0.301 e. The molecule has 176 valence electrons. The Morgan fingerprint density at radius 1 is 1.24 bits per heavy atom. The quantitative estimate of drug-likeness (QED) is 0.547. The maximum absolute atomic E-state index is 14.7. The number of alkyl halides is 1. The molecule has 0 radical (unpaired) electrons. The number of ether oxygens (including phenoxy) is 1. The third kappa shape index (κ3) is 3.97. The molecule has 1 saturated heterocycles. The minimum absolute atomic E-state index is 0.0157. The lowest BCUT2D eigenvalue weighted by Crippen LogP contribution is -2.52. The molecule has 0 amide bonds. The van der Waals surface area contributed by atoms with Crippen molar-refractivity contribution in [1.29, 1.82) is 5.26 Å². The summed E-state index contributed by atoms with van der Waals surface area (Å²) in [5, 5.41) is 9.93. The van der Waals surface area contributed by atoms with Crippen molar-refractivity contribution < 1.29 is 21.9 Å². The van der Waals surface area contributed by atoms with Crippen LogP contribution >= 0.6 is 0 Å². The topological polar surface area (TPSA) is 117 Å². The summed E-state index contributed by atoms with van der Waals surface area (Å²) in [6.45, 7) is -0.597. The minimum Gasteiger partial charge on any atom is -0.453 e. The molecular formula is C22H19F2N5O4S. The molecule has 9 nitrogen and oxygen atoms in total. The first-order valence-electron chi connectivity index (χ1n) is 10.6. The highest BCUT2D eigenvalue weighted by molar-refractivity contribution is 7.90. The van der Waals surface area contributed by atoms with Crippen LogP contribution in [0.3, 0.4) is 0 Å². The first-order chi connectivity index (χ1) is 16.3. The van der Waals surface area contributed by atoms with Crippen molar-refractivity contribution in [3.8, 4) is 17.6 Å². The first-order valence-corrected chi connectivity index (χ1v) is 12.0. The van der Waals surface area contributed by atoms with Gasteiger partial charge < -0.3 is 4.74 Å². The molecule has 1 saturated carbocycles. The number of nitrogens with zero attached hydrogens (tertiary/aromatic N) is 4. The highest BCUT2D eigenvalue weighted by Gasteiger charge is 2.36. The maximum atomic E-state index is 14.7. The molecule has 1 aliphatic carbocycles. The van der Waals surface area contributed by atoms with E-state index in [9.17, 15) is 27.3 Å². The van der Waals surface area contributed by atoms with Crippen LogP contribution in [0.25, 0.3) is 10.9 Å². The molecule has 2 aromatic carbocycles. The van der Waals surface area contributed by atoms with Gasteiger partial charge in [-0.1, -0.05) is 0 Å². The summed E-state index contributed by atoms with van der Waals surface area (Å²) in [5.41, 5.74) is -0.353. The summed E-state index contributed by atoms with van der Waals surface area (Å²) in [6.07, 6.45) is 3.29. The molecular weight excluding hydrogens is 468 g/mol. The number of halogens is 2. The van der Waals surface area contributed by atoms with Crippen molar-refractivity contribution >= 4 is 26.8 Å².